The molecule has 0 aliphatic heterocycles. The van der Waals surface area contributed by atoms with Crippen molar-refractivity contribution in [2.24, 2.45) is 5.41 Å². The fourth-order valence-electron chi connectivity index (χ4n) is 1.08. The van der Waals surface area contributed by atoms with E-state index < -0.39 is 5.41 Å². The molecule has 0 heterocycles. The van der Waals surface area contributed by atoms with Crippen molar-refractivity contribution >= 4 is 11.8 Å². The van der Waals surface area contributed by atoms with Crippen molar-refractivity contribution in [3.8, 4) is 0 Å². The average molecular weight is 210 g/mol. The van der Waals surface area contributed by atoms with Gasteiger partial charge in [-0.05, 0) is 26.7 Å². The first-order valence-electron chi connectivity index (χ1n) is 5.18. The van der Waals surface area contributed by atoms with Crippen LogP contribution in [-0.2, 0) is 9.59 Å². The van der Waals surface area contributed by atoms with Crippen LogP contribution in [0.4, 0.5) is 0 Å². The SMILES string of the molecule is C=CCNC(=O)C(C)(C)C(=O)NC1CC1. The van der Waals surface area contributed by atoms with Gasteiger partial charge in [-0.1, -0.05) is 6.08 Å². The van der Waals surface area contributed by atoms with E-state index in [1.807, 2.05) is 0 Å². The van der Waals surface area contributed by atoms with Crippen LogP contribution in [0.1, 0.15) is 26.7 Å². The summed E-state index contributed by atoms with van der Waals surface area (Å²) in [5, 5.41) is 5.46. The Labute approximate surface area is 90.1 Å². The molecule has 1 saturated carbocycles. The molecule has 2 N–H and O–H groups in total. The van der Waals surface area contributed by atoms with Crippen molar-refractivity contribution in [2.45, 2.75) is 32.7 Å². The molecule has 0 atom stereocenters. The molecule has 0 radical (unpaired) electrons. The highest BCUT2D eigenvalue weighted by atomic mass is 16.2. The zero-order chi connectivity index (χ0) is 11.5. The van der Waals surface area contributed by atoms with Crippen molar-refractivity contribution in [3.63, 3.8) is 0 Å². The Balaban J connectivity index is 2.49. The van der Waals surface area contributed by atoms with Crippen LogP contribution in [0.3, 0.4) is 0 Å². The van der Waals surface area contributed by atoms with Gasteiger partial charge in [0.2, 0.25) is 11.8 Å². The monoisotopic (exact) mass is 210 g/mol. The molecular weight excluding hydrogens is 192 g/mol. The number of amides is 2. The standard InChI is InChI=1S/C11H18N2O2/c1-4-7-12-9(14)11(2,3)10(15)13-8-5-6-8/h4,8H,1,5-7H2,2-3H3,(H,12,14)(H,13,15). The second kappa shape index (κ2) is 4.47. The number of nitrogens with one attached hydrogen (secondary N) is 2. The Bertz CT molecular complexity index is 280. The fourth-order valence-corrected chi connectivity index (χ4v) is 1.08. The molecule has 1 aliphatic carbocycles. The first-order valence-corrected chi connectivity index (χ1v) is 5.18. The van der Waals surface area contributed by atoms with Crippen molar-refractivity contribution in [3.05, 3.63) is 12.7 Å². The molecule has 0 aromatic rings. The molecule has 2 amide bonds. The fraction of sp³-hybridized carbons (Fsp3) is 0.636. The minimum absolute atomic E-state index is 0.202. The third-order valence-electron chi connectivity index (χ3n) is 2.45. The first kappa shape index (κ1) is 11.8. The van der Waals surface area contributed by atoms with E-state index in [-0.39, 0.29) is 17.9 Å². The lowest BCUT2D eigenvalue weighted by atomic mass is 9.91. The predicted octanol–water partition coefficient (Wildman–Crippen LogP) is 0.593. The normalized spacial score (nSPS) is 15.6. The molecule has 0 unspecified atom stereocenters. The summed E-state index contributed by atoms with van der Waals surface area (Å²) in [6.45, 7) is 7.15. The van der Waals surface area contributed by atoms with Crippen molar-refractivity contribution in [2.75, 3.05) is 6.54 Å². The zero-order valence-corrected chi connectivity index (χ0v) is 9.30. The highest BCUT2D eigenvalue weighted by molar-refractivity contribution is 6.04. The van der Waals surface area contributed by atoms with Gasteiger partial charge in [0.15, 0.2) is 0 Å². The number of carbonyl (C=O) groups is 2. The van der Waals surface area contributed by atoms with Gasteiger partial charge in [0.25, 0.3) is 0 Å². The Morgan fingerprint density at radius 1 is 1.40 bits per heavy atom. The Kier molecular flexibility index (Phi) is 3.50. The first-order chi connectivity index (χ1) is 6.98. The second-order valence-corrected chi connectivity index (χ2v) is 4.37. The van der Waals surface area contributed by atoms with E-state index in [0.29, 0.717) is 6.54 Å². The molecule has 1 rings (SSSR count). The summed E-state index contributed by atoms with van der Waals surface area (Å²) in [6, 6.07) is 0.281. The summed E-state index contributed by atoms with van der Waals surface area (Å²) in [7, 11) is 0. The summed E-state index contributed by atoms with van der Waals surface area (Å²) in [4.78, 5) is 23.4. The van der Waals surface area contributed by atoms with Gasteiger partial charge in [-0.25, -0.2) is 0 Å². The zero-order valence-electron chi connectivity index (χ0n) is 9.30. The maximum absolute atomic E-state index is 11.7. The van der Waals surface area contributed by atoms with Crippen LogP contribution in [0.5, 0.6) is 0 Å². The summed E-state index contributed by atoms with van der Waals surface area (Å²) >= 11 is 0. The molecule has 1 aliphatic rings. The van der Waals surface area contributed by atoms with Gasteiger partial charge < -0.3 is 10.6 Å². The molecule has 0 aromatic heterocycles. The van der Waals surface area contributed by atoms with Crippen LogP contribution in [0.25, 0.3) is 0 Å². The molecule has 0 spiro atoms. The Morgan fingerprint density at radius 2 is 2.00 bits per heavy atom. The molecule has 84 valence electrons. The van der Waals surface area contributed by atoms with E-state index >= 15 is 0 Å². The highest BCUT2D eigenvalue weighted by Gasteiger charge is 2.38. The largest absolute Gasteiger partial charge is 0.352 e. The van der Waals surface area contributed by atoms with Gasteiger partial charge in [-0.15, -0.1) is 6.58 Å². The predicted molar refractivity (Wildman–Crippen MR) is 58.2 cm³/mol. The quantitative estimate of drug-likeness (QED) is 0.515. The molecule has 0 aromatic carbocycles. The van der Waals surface area contributed by atoms with Gasteiger partial charge in [0, 0.05) is 12.6 Å². The van der Waals surface area contributed by atoms with Gasteiger partial charge in [0.05, 0.1) is 0 Å². The van der Waals surface area contributed by atoms with Crippen molar-refractivity contribution in [1.82, 2.24) is 10.6 Å². The van der Waals surface area contributed by atoms with E-state index in [1.54, 1.807) is 19.9 Å². The van der Waals surface area contributed by atoms with E-state index in [2.05, 4.69) is 17.2 Å². The molecule has 4 heteroatoms. The van der Waals surface area contributed by atoms with E-state index in [0.717, 1.165) is 12.8 Å². The van der Waals surface area contributed by atoms with Gasteiger partial charge in [-0.2, -0.15) is 0 Å². The molecule has 15 heavy (non-hydrogen) atoms. The van der Waals surface area contributed by atoms with Crippen LogP contribution >= 0.6 is 0 Å². The van der Waals surface area contributed by atoms with Gasteiger partial charge in [0.1, 0.15) is 5.41 Å². The van der Waals surface area contributed by atoms with E-state index in [4.69, 9.17) is 0 Å². The smallest absolute Gasteiger partial charge is 0.235 e. The van der Waals surface area contributed by atoms with Crippen LogP contribution in [0.15, 0.2) is 12.7 Å². The molecule has 1 fully saturated rings. The van der Waals surface area contributed by atoms with Crippen LogP contribution in [-0.4, -0.2) is 24.4 Å². The topological polar surface area (TPSA) is 58.2 Å². The maximum atomic E-state index is 11.7. The molecular formula is C11H18N2O2. The number of hydrogen-bond acceptors (Lipinski definition) is 2. The molecule has 4 nitrogen and oxygen atoms in total. The lowest BCUT2D eigenvalue weighted by Crippen LogP contribution is -2.48. The summed E-state index contributed by atoms with van der Waals surface area (Å²) < 4.78 is 0. The van der Waals surface area contributed by atoms with Gasteiger partial charge >= 0.3 is 0 Å². The average Bonchev–Trinajstić information content (AvgIpc) is 2.97. The summed E-state index contributed by atoms with van der Waals surface area (Å²) in [5.74, 6) is -0.466. The van der Waals surface area contributed by atoms with Gasteiger partial charge in [-0.3, -0.25) is 9.59 Å². The lowest BCUT2D eigenvalue weighted by Gasteiger charge is -2.22. The third kappa shape index (κ3) is 3.08. The number of hydrogen-bond donors (Lipinski definition) is 2. The van der Waals surface area contributed by atoms with Crippen molar-refractivity contribution in [1.29, 1.82) is 0 Å². The van der Waals surface area contributed by atoms with Crippen LogP contribution in [0.2, 0.25) is 0 Å². The third-order valence-corrected chi connectivity index (χ3v) is 2.45. The van der Waals surface area contributed by atoms with Crippen LogP contribution in [0, 0.1) is 5.41 Å². The van der Waals surface area contributed by atoms with E-state index in [9.17, 15) is 9.59 Å². The van der Waals surface area contributed by atoms with Crippen molar-refractivity contribution < 1.29 is 9.59 Å². The molecule has 0 saturated heterocycles. The van der Waals surface area contributed by atoms with E-state index in [1.165, 1.54) is 0 Å². The second-order valence-electron chi connectivity index (χ2n) is 4.37. The minimum atomic E-state index is -1.01. The minimum Gasteiger partial charge on any atom is -0.352 e. The maximum Gasteiger partial charge on any atom is 0.235 e. The Morgan fingerprint density at radius 3 is 2.47 bits per heavy atom. The molecule has 0 bridgehead atoms. The highest BCUT2D eigenvalue weighted by Crippen LogP contribution is 2.22. The number of carbonyl (C=O) groups excluding carboxylic acids is 2. The number of rotatable bonds is 5. The summed E-state index contributed by atoms with van der Waals surface area (Å²) in [6.07, 6.45) is 3.64. The van der Waals surface area contributed by atoms with Crippen LogP contribution < -0.4 is 10.6 Å². The lowest BCUT2D eigenvalue weighted by molar-refractivity contribution is -0.141. The summed E-state index contributed by atoms with van der Waals surface area (Å²) in [5.41, 5.74) is -1.01. The Hall–Kier alpha value is -1.32.